The van der Waals surface area contributed by atoms with Crippen molar-refractivity contribution in [3.05, 3.63) is 59.2 Å². The summed E-state index contributed by atoms with van der Waals surface area (Å²) < 4.78 is 0.599. The molecule has 0 aromatic heterocycles. The number of hydrogen-bond donors (Lipinski definition) is 1. The van der Waals surface area contributed by atoms with Crippen LogP contribution in [-0.2, 0) is 4.79 Å². The number of hydrogen-bond acceptors (Lipinski definition) is 2. The fourth-order valence-electron chi connectivity index (χ4n) is 4.65. The van der Waals surface area contributed by atoms with Crippen molar-refractivity contribution in [2.24, 2.45) is 0 Å². The zero-order valence-corrected chi connectivity index (χ0v) is 21.9. The van der Waals surface area contributed by atoms with E-state index in [-0.39, 0.29) is 17.3 Å². The Kier molecular flexibility index (Phi) is 8.26. The minimum absolute atomic E-state index is 0.0175. The number of nitrogens with zero attached hydrogens (tertiary/aromatic N) is 1. The molecule has 33 heavy (non-hydrogen) atoms. The minimum Gasteiger partial charge on any atom is -0.355 e. The number of Topliss-reactive ketones (excluding diaryl/α,β-unsaturated/α-hetero) is 1. The first-order valence-electron chi connectivity index (χ1n) is 11.9. The lowest BCUT2D eigenvalue weighted by Crippen LogP contribution is -2.45. The molecule has 0 saturated carbocycles. The van der Waals surface area contributed by atoms with Gasteiger partial charge in [0.2, 0.25) is 11.7 Å². The largest absolute Gasteiger partial charge is 0.355 e. The molecule has 4 nitrogen and oxygen atoms in total. The quantitative estimate of drug-likeness (QED) is 0.143. The van der Waals surface area contributed by atoms with Gasteiger partial charge in [-0.05, 0) is 65.1 Å². The van der Waals surface area contributed by atoms with Crippen LogP contribution in [0.3, 0.4) is 0 Å². The zero-order valence-electron chi connectivity index (χ0n) is 20.7. The minimum atomic E-state index is -0.0175. The second-order valence-electron chi connectivity index (χ2n) is 9.91. The lowest BCUT2D eigenvalue weighted by atomic mass is 9.93. The van der Waals surface area contributed by atoms with E-state index in [2.05, 4.69) is 79.8 Å². The third kappa shape index (κ3) is 6.19. The number of carbonyl (C=O) groups excluding carboxylic acids is 2. The lowest BCUT2D eigenvalue weighted by molar-refractivity contribution is -0.882. The highest BCUT2D eigenvalue weighted by Gasteiger charge is 2.22. The topological polar surface area (TPSA) is 46.2 Å². The summed E-state index contributed by atoms with van der Waals surface area (Å²) in [7, 11) is 6.79. The van der Waals surface area contributed by atoms with Gasteiger partial charge in [0.1, 0.15) is 6.54 Å². The molecule has 3 aromatic rings. The van der Waals surface area contributed by atoms with Gasteiger partial charge in [0.15, 0.2) is 0 Å². The van der Waals surface area contributed by atoms with Crippen LogP contribution in [-0.4, -0.2) is 55.6 Å². The Morgan fingerprint density at radius 1 is 1.00 bits per heavy atom. The Labute approximate surface area is 200 Å². The van der Waals surface area contributed by atoms with Crippen LogP contribution in [0.4, 0.5) is 0 Å². The number of rotatable bonds is 10. The average Bonchev–Trinajstić information content (AvgIpc) is 2.76. The van der Waals surface area contributed by atoms with Gasteiger partial charge in [0.25, 0.3) is 0 Å². The van der Waals surface area contributed by atoms with Crippen molar-refractivity contribution in [3.8, 4) is 0 Å². The van der Waals surface area contributed by atoms with Gasteiger partial charge >= 0.3 is 0 Å². The Bertz CT molecular complexity index is 1170. The summed E-state index contributed by atoms with van der Waals surface area (Å²) in [4.78, 5) is 25.3. The van der Waals surface area contributed by atoms with Gasteiger partial charge in [-0.25, -0.2) is 0 Å². The van der Waals surface area contributed by atoms with Crippen molar-refractivity contribution in [2.45, 2.75) is 45.7 Å². The summed E-state index contributed by atoms with van der Waals surface area (Å²) in [5.74, 6) is 0.254. The number of carbonyl (C=O) groups is 2. The van der Waals surface area contributed by atoms with E-state index in [9.17, 15) is 9.59 Å². The van der Waals surface area contributed by atoms with E-state index in [0.29, 0.717) is 17.6 Å². The van der Waals surface area contributed by atoms with Crippen LogP contribution >= 0.6 is 9.24 Å². The van der Waals surface area contributed by atoms with Gasteiger partial charge in [0, 0.05) is 18.5 Å². The van der Waals surface area contributed by atoms with Gasteiger partial charge in [-0.2, -0.15) is 0 Å². The highest BCUT2D eigenvalue weighted by molar-refractivity contribution is 7.19. The molecule has 176 valence electrons. The SMILES string of the molecule is CCCC(P)C(=O)NCCC[N+](C)(C)CC(=O)c1cc(C)c2c(ccc3cccc(C)c32)c1. The zero-order chi connectivity index (χ0) is 24.2. The second-order valence-corrected chi connectivity index (χ2v) is 10.7. The fourth-order valence-corrected chi connectivity index (χ4v) is 5.10. The van der Waals surface area contributed by atoms with Crippen molar-refractivity contribution in [3.63, 3.8) is 0 Å². The number of nitrogens with one attached hydrogen (secondary N) is 1. The molecule has 2 unspecified atom stereocenters. The first-order valence-corrected chi connectivity index (χ1v) is 12.6. The van der Waals surface area contributed by atoms with E-state index < -0.39 is 0 Å². The number of quaternary nitrogens is 1. The predicted molar refractivity (Wildman–Crippen MR) is 143 cm³/mol. The number of likely N-dealkylation sites (N-methyl/N-ethyl adjacent to an activating group) is 1. The van der Waals surface area contributed by atoms with Crippen LogP contribution in [0.2, 0.25) is 0 Å². The lowest BCUT2D eigenvalue weighted by Gasteiger charge is -2.29. The smallest absolute Gasteiger partial charge is 0.226 e. The maximum Gasteiger partial charge on any atom is 0.226 e. The maximum atomic E-state index is 13.2. The highest BCUT2D eigenvalue weighted by Crippen LogP contribution is 2.31. The molecule has 3 rings (SSSR count). The number of amides is 1. The number of ketones is 1. The van der Waals surface area contributed by atoms with Gasteiger partial charge in [0.05, 0.1) is 26.3 Å². The number of fused-ring (bicyclic) bond motifs is 3. The summed E-state index contributed by atoms with van der Waals surface area (Å²) in [6.07, 6.45) is 2.72. The molecule has 0 spiro atoms. The standard InChI is InChI=1S/C28H37N2O2P/c1-6-9-25(33)28(32)29-14-8-15-30(4,5)18-24(31)23-16-20(3)27-22(17-23)13-12-21-11-7-10-19(2)26(21)27/h7,10-13,16-17,25H,6,8-9,14-15,18,33H2,1-5H3/p+1. The van der Waals surface area contributed by atoms with E-state index >= 15 is 0 Å². The molecular formula is C28H38N2O2P+. The number of aryl methyl sites for hydroxylation is 2. The summed E-state index contributed by atoms with van der Waals surface area (Å²) in [6.45, 7) is 8.25. The average molecular weight is 466 g/mol. The first-order chi connectivity index (χ1) is 15.6. The molecule has 0 aliphatic heterocycles. The Balaban J connectivity index is 1.68. The third-order valence-electron chi connectivity index (χ3n) is 6.43. The molecule has 1 amide bonds. The van der Waals surface area contributed by atoms with Gasteiger partial charge in [-0.3, -0.25) is 9.59 Å². The molecule has 0 aliphatic carbocycles. The van der Waals surface area contributed by atoms with E-state index in [1.165, 1.54) is 21.7 Å². The highest BCUT2D eigenvalue weighted by atomic mass is 31.0. The van der Waals surface area contributed by atoms with Crippen LogP contribution in [0.1, 0.15) is 47.7 Å². The monoisotopic (exact) mass is 465 g/mol. The molecule has 2 atom stereocenters. The van der Waals surface area contributed by atoms with Crippen LogP contribution < -0.4 is 5.32 Å². The molecule has 5 heteroatoms. The van der Waals surface area contributed by atoms with E-state index in [0.717, 1.165) is 42.3 Å². The molecule has 0 saturated heterocycles. The van der Waals surface area contributed by atoms with Crippen molar-refractivity contribution in [1.82, 2.24) is 5.32 Å². The summed E-state index contributed by atoms with van der Waals surface area (Å²) in [5, 5.41) is 7.88. The molecular weight excluding hydrogens is 427 g/mol. The Hall–Kier alpha value is -2.29. The van der Waals surface area contributed by atoms with Crippen LogP contribution in [0.25, 0.3) is 21.5 Å². The van der Waals surface area contributed by atoms with E-state index in [1.54, 1.807) is 0 Å². The summed E-state index contributed by atoms with van der Waals surface area (Å²) in [6, 6.07) is 14.7. The van der Waals surface area contributed by atoms with Gasteiger partial charge < -0.3 is 9.80 Å². The summed E-state index contributed by atoms with van der Waals surface area (Å²) >= 11 is 0. The van der Waals surface area contributed by atoms with Crippen molar-refractivity contribution in [2.75, 3.05) is 33.7 Å². The molecule has 0 heterocycles. The van der Waals surface area contributed by atoms with E-state index in [1.807, 2.05) is 12.1 Å². The third-order valence-corrected chi connectivity index (χ3v) is 7.07. The van der Waals surface area contributed by atoms with Crippen molar-refractivity contribution < 1.29 is 14.1 Å². The normalized spacial score (nSPS) is 12.8. The Morgan fingerprint density at radius 2 is 1.70 bits per heavy atom. The molecule has 0 fully saturated rings. The molecule has 3 aromatic carbocycles. The van der Waals surface area contributed by atoms with Crippen LogP contribution in [0.5, 0.6) is 0 Å². The molecule has 0 aliphatic rings. The predicted octanol–water partition coefficient (Wildman–Crippen LogP) is 5.42. The van der Waals surface area contributed by atoms with Crippen LogP contribution in [0, 0.1) is 13.8 Å². The Morgan fingerprint density at radius 3 is 2.42 bits per heavy atom. The van der Waals surface area contributed by atoms with Gasteiger partial charge in [-0.15, -0.1) is 9.24 Å². The maximum absolute atomic E-state index is 13.2. The molecule has 1 N–H and O–H groups in total. The van der Waals surface area contributed by atoms with Crippen molar-refractivity contribution in [1.29, 1.82) is 0 Å². The second kappa shape index (κ2) is 10.8. The number of benzene rings is 3. The van der Waals surface area contributed by atoms with Crippen LogP contribution in [0.15, 0.2) is 42.5 Å². The molecule has 0 radical (unpaired) electrons. The van der Waals surface area contributed by atoms with E-state index in [4.69, 9.17) is 0 Å². The fraction of sp³-hybridized carbons (Fsp3) is 0.429. The van der Waals surface area contributed by atoms with Crippen molar-refractivity contribution >= 4 is 42.5 Å². The summed E-state index contributed by atoms with van der Waals surface area (Å²) in [5.41, 5.74) is 3.16. The van der Waals surface area contributed by atoms with Gasteiger partial charge in [-0.1, -0.05) is 43.7 Å². The molecule has 0 bridgehead atoms. The first kappa shape index (κ1) is 25.3.